The monoisotopic (exact) mass is 664 g/mol. The van der Waals surface area contributed by atoms with Gasteiger partial charge in [0.05, 0.1) is 19.8 Å². The lowest BCUT2D eigenvalue weighted by Gasteiger charge is -2.20. The minimum absolute atomic E-state index is 0.177. The molecular formula is C34H65O10P. The van der Waals surface area contributed by atoms with Gasteiger partial charge in [0.15, 0.2) is 6.10 Å². The molecule has 3 atom stereocenters. The van der Waals surface area contributed by atoms with Crippen LogP contribution in [0.3, 0.4) is 0 Å². The van der Waals surface area contributed by atoms with Gasteiger partial charge in [-0.3, -0.25) is 18.6 Å². The van der Waals surface area contributed by atoms with Crippen molar-refractivity contribution in [3.63, 3.8) is 0 Å². The Morgan fingerprint density at radius 2 is 1.09 bits per heavy atom. The molecule has 0 amide bonds. The molecule has 0 spiro atoms. The molecule has 0 saturated heterocycles. The number of carbonyl (C=O) groups is 2. The average molecular weight is 665 g/mol. The lowest BCUT2D eigenvalue weighted by atomic mass is 10.1. The predicted molar refractivity (Wildman–Crippen MR) is 178 cm³/mol. The SMILES string of the molecule is CCCCCCCC/C=C\CCCCCCCC(=O)OC(COC(=O)CCCCCCCCC)COP(=O)(O)OCC(O)CO. The van der Waals surface area contributed by atoms with Crippen molar-refractivity contribution in [2.45, 2.75) is 167 Å². The molecule has 0 aromatic rings. The standard InChI is InChI=1S/C34H65O10P/c1-3-5-7-9-11-12-13-14-15-16-17-18-20-22-24-26-34(38)44-32(30-43-45(39,40)42-28-31(36)27-35)29-41-33(37)25-23-21-19-10-8-6-4-2/h14-15,31-32,35-36H,3-13,16-30H2,1-2H3,(H,39,40)/b15-14-. The van der Waals surface area contributed by atoms with Gasteiger partial charge in [-0.2, -0.15) is 0 Å². The lowest BCUT2D eigenvalue weighted by molar-refractivity contribution is -0.161. The van der Waals surface area contributed by atoms with Gasteiger partial charge >= 0.3 is 19.8 Å². The van der Waals surface area contributed by atoms with Crippen LogP contribution >= 0.6 is 7.82 Å². The summed E-state index contributed by atoms with van der Waals surface area (Å²) in [6, 6.07) is 0. The van der Waals surface area contributed by atoms with Crippen molar-refractivity contribution in [3.8, 4) is 0 Å². The van der Waals surface area contributed by atoms with Gasteiger partial charge in [0.1, 0.15) is 12.7 Å². The van der Waals surface area contributed by atoms with Crippen molar-refractivity contribution in [2.75, 3.05) is 26.4 Å². The molecule has 45 heavy (non-hydrogen) atoms. The zero-order valence-electron chi connectivity index (χ0n) is 28.3. The molecule has 0 aromatic heterocycles. The van der Waals surface area contributed by atoms with Gasteiger partial charge in [0.2, 0.25) is 0 Å². The van der Waals surface area contributed by atoms with Crippen LogP contribution in [0.5, 0.6) is 0 Å². The van der Waals surface area contributed by atoms with Crippen molar-refractivity contribution in [3.05, 3.63) is 12.2 Å². The van der Waals surface area contributed by atoms with Crippen molar-refractivity contribution in [2.24, 2.45) is 0 Å². The molecule has 11 heteroatoms. The fourth-order valence-electron chi connectivity index (χ4n) is 4.63. The van der Waals surface area contributed by atoms with E-state index in [4.69, 9.17) is 19.1 Å². The number of aliphatic hydroxyl groups excluding tert-OH is 2. The van der Waals surface area contributed by atoms with Crippen molar-refractivity contribution < 1.29 is 47.8 Å². The molecule has 0 radical (unpaired) electrons. The Morgan fingerprint density at radius 1 is 0.644 bits per heavy atom. The number of ether oxygens (including phenoxy) is 2. The van der Waals surface area contributed by atoms with E-state index in [9.17, 15) is 24.2 Å². The Labute approximate surface area is 273 Å². The second kappa shape index (κ2) is 31.3. The molecular weight excluding hydrogens is 599 g/mol. The molecule has 0 aliphatic carbocycles. The second-order valence-corrected chi connectivity index (χ2v) is 13.4. The minimum atomic E-state index is -4.60. The topological polar surface area (TPSA) is 149 Å². The molecule has 0 aliphatic heterocycles. The van der Waals surface area contributed by atoms with E-state index in [2.05, 4.69) is 30.5 Å². The number of unbranched alkanes of at least 4 members (excludes halogenated alkanes) is 17. The Balaban J connectivity index is 4.36. The molecule has 0 aliphatic rings. The number of aliphatic hydroxyl groups is 2. The fourth-order valence-corrected chi connectivity index (χ4v) is 5.42. The summed E-state index contributed by atoms with van der Waals surface area (Å²) in [6.45, 7) is 2.29. The summed E-state index contributed by atoms with van der Waals surface area (Å²) in [4.78, 5) is 34.6. The lowest BCUT2D eigenvalue weighted by Crippen LogP contribution is -2.29. The molecule has 0 aromatic carbocycles. The Hall–Kier alpha value is -1.29. The molecule has 266 valence electrons. The van der Waals surface area contributed by atoms with Gasteiger partial charge in [0, 0.05) is 12.8 Å². The first-order chi connectivity index (χ1) is 21.7. The highest BCUT2D eigenvalue weighted by Crippen LogP contribution is 2.43. The van der Waals surface area contributed by atoms with Crippen LogP contribution < -0.4 is 0 Å². The Bertz CT molecular complexity index is 776. The Kier molecular flexibility index (Phi) is 30.4. The van der Waals surface area contributed by atoms with Crippen molar-refractivity contribution in [1.82, 2.24) is 0 Å². The number of phosphoric ester groups is 1. The highest BCUT2D eigenvalue weighted by molar-refractivity contribution is 7.47. The van der Waals surface area contributed by atoms with Crippen LogP contribution in [0.4, 0.5) is 0 Å². The summed E-state index contributed by atoms with van der Waals surface area (Å²) in [5.41, 5.74) is 0. The summed E-state index contributed by atoms with van der Waals surface area (Å²) in [6.07, 6.45) is 24.9. The molecule has 10 nitrogen and oxygen atoms in total. The number of esters is 2. The van der Waals surface area contributed by atoms with E-state index in [-0.39, 0.29) is 19.4 Å². The maximum absolute atomic E-state index is 12.5. The van der Waals surface area contributed by atoms with Crippen LogP contribution in [0.15, 0.2) is 12.2 Å². The van der Waals surface area contributed by atoms with Gasteiger partial charge in [0.25, 0.3) is 0 Å². The van der Waals surface area contributed by atoms with E-state index in [1.54, 1.807) is 0 Å². The summed E-state index contributed by atoms with van der Waals surface area (Å²) in [5, 5.41) is 18.2. The summed E-state index contributed by atoms with van der Waals surface area (Å²) >= 11 is 0. The zero-order chi connectivity index (χ0) is 33.4. The average Bonchev–Trinajstić information content (AvgIpc) is 3.02. The molecule has 3 N–H and O–H groups in total. The number of allylic oxidation sites excluding steroid dienone is 2. The second-order valence-electron chi connectivity index (χ2n) is 11.9. The third-order valence-corrected chi connectivity index (χ3v) is 8.37. The number of hydrogen-bond donors (Lipinski definition) is 3. The largest absolute Gasteiger partial charge is 0.472 e. The van der Waals surface area contributed by atoms with Gasteiger partial charge in [-0.05, 0) is 38.5 Å². The first kappa shape index (κ1) is 43.7. The van der Waals surface area contributed by atoms with E-state index < -0.39 is 51.8 Å². The number of hydrogen-bond acceptors (Lipinski definition) is 9. The maximum Gasteiger partial charge on any atom is 0.472 e. The predicted octanol–water partition coefficient (Wildman–Crippen LogP) is 8.11. The third-order valence-electron chi connectivity index (χ3n) is 7.42. The van der Waals surface area contributed by atoms with Crippen molar-refractivity contribution >= 4 is 19.8 Å². The first-order valence-corrected chi connectivity index (χ1v) is 19.1. The number of rotatable bonds is 33. The number of phosphoric acid groups is 1. The van der Waals surface area contributed by atoms with Gasteiger partial charge in [-0.15, -0.1) is 0 Å². The third kappa shape index (κ3) is 31.1. The van der Waals surface area contributed by atoms with Crippen LogP contribution in [0.25, 0.3) is 0 Å². The zero-order valence-corrected chi connectivity index (χ0v) is 29.2. The highest BCUT2D eigenvalue weighted by Gasteiger charge is 2.27. The summed E-state index contributed by atoms with van der Waals surface area (Å²) < 4.78 is 32.4. The van der Waals surface area contributed by atoms with Gasteiger partial charge in [-0.25, -0.2) is 4.57 Å². The van der Waals surface area contributed by atoms with Crippen LogP contribution in [0.2, 0.25) is 0 Å². The van der Waals surface area contributed by atoms with E-state index in [0.717, 1.165) is 57.8 Å². The van der Waals surface area contributed by atoms with E-state index >= 15 is 0 Å². The van der Waals surface area contributed by atoms with Crippen LogP contribution in [0.1, 0.15) is 155 Å². The maximum atomic E-state index is 12.5. The highest BCUT2D eigenvalue weighted by atomic mass is 31.2. The molecule has 0 saturated carbocycles. The van der Waals surface area contributed by atoms with Gasteiger partial charge in [-0.1, -0.05) is 116 Å². The molecule has 0 fully saturated rings. The first-order valence-electron chi connectivity index (χ1n) is 17.6. The van der Waals surface area contributed by atoms with Gasteiger partial charge < -0.3 is 24.6 Å². The normalized spacial score (nSPS) is 14.3. The van der Waals surface area contributed by atoms with Crippen molar-refractivity contribution in [1.29, 1.82) is 0 Å². The Morgan fingerprint density at radius 3 is 1.60 bits per heavy atom. The van der Waals surface area contributed by atoms with Crippen LogP contribution in [0, 0.1) is 0 Å². The molecule has 3 unspecified atom stereocenters. The van der Waals surface area contributed by atoms with E-state index in [1.807, 2.05) is 0 Å². The van der Waals surface area contributed by atoms with E-state index in [0.29, 0.717) is 12.8 Å². The molecule has 0 rings (SSSR count). The summed E-state index contributed by atoms with van der Waals surface area (Å²) in [5.74, 6) is -0.940. The number of carbonyl (C=O) groups excluding carboxylic acids is 2. The van der Waals surface area contributed by atoms with Crippen LogP contribution in [-0.4, -0.2) is 65.7 Å². The smallest absolute Gasteiger partial charge is 0.462 e. The minimum Gasteiger partial charge on any atom is -0.462 e. The summed E-state index contributed by atoms with van der Waals surface area (Å²) in [7, 11) is -4.60. The van der Waals surface area contributed by atoms with Crippen LogP contribution in [-0.2, 0) is 32.7 Å². The molecule has 0 bridgehead atoms. The quantitative estimate of drug-likeness (QED) is 0.0272. The fraction of sp³-hybridized carbons (Fsp3) is 0.882. The van der Waals surface area contributed by atoms with E-state index in [1.165, 1.54) is 57.8 Å². The molecule has 0 heterocycles.